The van der Waals surface area contributed by atoms with Crippen molar-refractivity contribution >= 4 is 5.69 Å². The summed E-state index contributed by atoms with van der Waals surface area (Å²) >= 11 is 0. The Bertz CT molecular complexity index is 716. The fraction of sp³-hybridized carbons (Fsp3) is 0.294. The van der Waals surface area contributed by atoms with E-state index in [1.807, 2.05) is 6.92 Å². The molecule has 3 rings (SSSR count). The molecule has 0 bridgehead atoms. The molecule has 1 aliphatic heterocycles. The van der Waals surface area contributed by atoms with Crippen molar-refractivity contribution in [1.82, 2.24) is 10.9 Å². The molecule has 1 fully saturated rings. The van der Waals surface area contributed by atoms with Crippen LogP contribution in [0.5, 0.6) is 5.75 Å². The quantitative estimate of drug-likeness (QED) is 0.645. The Morgan fingerprint density at radius 2 is 1.79 bits per heavy atom. The van der Waals surface area contributed by atoms with Crippen molar-refractivity contribution in [2.75, 3.05) is 5.32 Å². The number of phenolic OH excluding ortho intramolecular Hbond substituents is 1. The first-order chi connectivity index (χ1) is 11.3. The summed E-state index contributed by atoms with van der Waals surface area (Å²) in [6.07, 6.45) is -3.72. The van der Waals surface area contributed by atoms with E-state index in [2.05, 4.69) is 16.2 Å². The number of aromatic hydroxyl groups is 1. The molecule has 0 amide bonds. The molecule has 7 heteroatoms. The van der Waals surface area contributed by atoms with E-state index in [9.17, 15) is 18.3 Å². The number of hydrogen-bond donors (Lipinski definition) is 4. The summed E-state index contributed by atoms with van der Waals surface area (Å²) in [6.45, 7) is 1.89. The Morgan fingerprint density at radius 1 is 1.08 bits per heavy atom. The van der Waals surface area contributed by atoms with Crippen LogP contribution in [0.1, 0.15) is 29.2 Å². The number of anilines is 1. The Hall–Kier alpha value is -2.25. The van der Waals surface area contributed by atoms with Crippen molar-refractivity contribution in [3.8, 4) is 5.75 Å². The number of nitrogens with one attached hydrogen (secondary N) is 3. The second-order valence-electron chi connectivity index (χ2n) is 5.89. The molecule has 4 N–H and O–H groups in total. The largest absolute Gasteiger partial charge is 0.508 e. The third kappa shape index (κ3) is 3.63. The zero-order chi connectivity index (χ0) is 17.3. The minimum atomic E-state index is -4.32. The van der Waals surface area contributed by atoms with Crippen LogP contribution in [0.15, 0.2) is 42.5 Å². The fourth-order valence-electron chi connectivity index (χ4n) is 2.77. The summed E-state index contributed by atoms with van der Waals surface area (Å²) in [4.78, 5) is 0. The standard InChI is InChI=1S/C17H18F3N3O/c1-10-8-13(24)6-7-14(10)21-16-9-15(22-23-16)11-2-4-12(5-3-11)17(18,19)20/h2-8,15-16,21-24H,9H2,1H3. The van der Waals surface area contributed by atoms with Crippen LogP contribution in [0.25, 0.3) is 0 Å². The molecular weight excluding hydrogens is 319 g/mol. The van der Waals surface area contributed by atoms with Crippen LogP contribution >= 0.6 is 0 Å². The van der Waals surface area contributed by atoms with Gasteiger partial charge in [-0.1, -0.05) is 12.1 Å². The third-order valence-electron chi connectivity index (χ3n) is 4.08. The zero-order valence-corrected chi connectivity index (χ0v) is 13.0. The second-order valence-corrected chi connectivity index (χ2v) is 5.89. The van der Waals surface area contributed by atoms with Gasteiger partial charge >= 0.3 is 6.18 Å². The minimum Gasteiger partial charge on any atom is -0.508 e. The maximum atomic E-state index is 12.6. The number of hydrogen-bond acceptors (Lipinski definition) is 4. The number of alkyl halides is 3. The summed E-state index contributed by atoms with van der Waals surface area (Å²) < 4.78 is 37.8. The summed E-state index contributed by atoms with van der Waals surface area (Å²) in [6, 6.07) is 10.2. The van der Waals surface area contributed by atoms with Gasteiger partial charge in [-0.15, -0.1) is 0 Å². The van der Waals surface area contributed by atoms with Crippen LogP contribution < -0.4 is 16.2 Å². The van der Waals surface area contributed by atoms with Gasteiger partial charge in [0, 0.05) is 18.2 Å². The minimum absolute atomic E-state index is 0.0689. The summed E-state index contributed by atoms with van der Waals surface area (Å²) in [5, 5.41) is 12.7. The predicted octanol–water partition coefficient (Wildman–Crippen LogP) is 3.70. The molecule has 1 saturated heterocycles. The summed E-state index contributed by atoms with van der Waals surface area (Å²) in [5.41, 5.74) is 8.13. The van der Waals surface area contributed by atoms with Crippen molar-refractivity contribution < 1.29 is 18.3 Å². The number of benzene rings is 2. The lowest BCUT2D eigenvalue weighted by molar-refractivity contribution is -0.137. The number of rotatable bonds is 3. The molecule has 2 aromatic rings. The zero-order valence-electron chi connectivity index (χ0n) is 13.0. The van der Waals surface area contributed by atoms with E-state index in [4.69, 9.17) is 0 Å². The lowest BCUT2D eigenvalue weighted by atomic mass is 10.0. The Kier molecular flexibility index (Phi) is 4.38. The van der Waals surface area contributed by atoms with Crippen LogP contribution in [-0.4, -0.2) is 11.3 Å². The van der Waals surface area contributed by atoms with Crippen LogP contribution in [0, 0.1) is 6.92 Å². The average molecular weight is 337 g/mol. The van der Waals surface area contributed by atoms with Crippen LogP contribution in [0.2, 0.25) is 0 Å². The van der Waals surface area contributed by atoms with Crippen LogP contribution in [0.3, 0.4) is 0 Å². The van der Waals surface area contributed by atoms with Gasteiger partial charge < -0.3 is 10.4 Å². The van der Waals surface area contributed by atoms with E-state index in [0.29, 0.717) is 6.42 Å². The van der Waals surface area contributed by atoms with Gasteiger partial charge in [-0.25, -0.2) is 10.9 Å². The Labute approximate surface area is 137 Å². The molecule has 2 atom stereocenters. The highest BCUT2D eigenvalue weighted by atomic mass is 19.4. The van der Waals surface area contributed by atoms with Crippen molar-refractivity contribution in [1.29, 1.82) is 0 Å². The molecule has 1 heterocycles. The van der Waals surface area contributed by atoms with Gasteiger partial charge in [0.05, 0.1) is 11.7 Å². The number of phenols is 1. The van der Waals surface area contributed by atoms with Gasteiger partial charge in [0.25, 0.3) is 0 Å². The van der Waals surface area contributed by atoms with Crippen molar-refractivity contribution in [3.63, 3.8) is 0 Å². The van der Waals surface area contributed by atoms with E-state index < -0.39 is 11.7 Å². The van der Waals surface area contributed by atoms with E-state index in [-0.39, 0.29) is 18.0 Å². The third-order valence-corrected chi connectivity index (χ3v) is 4.08. The first-order valence-electron chi connectivity index (χ1n) is 7.57. The van der Waals surface area contributed by atoms with E-state index in [1.165, 1.54) is 12.1 Å². The number of hydrazine groups is 1. The lowest BCUT2D eigenvalue weighted by Gasteiger charge is -2.16. The topological polar surface area (TPSA) is 56.3 Å². The van der Waals surface area contributed by atoms with Crippen molar-refractivity contribution in [2.45, 2.75) is 31.7 Å². The molecular formula is C17H18F3N3O. The molecule has 2 unspecified atom stereocenters. The van der Waals surface area contributed by atoms with Gasteiger partial charge in [-0.3, -0.25) is 0 Å². The molecule has 0 aliphatic carbocycles. The summed E-state index contributed by atoms with van der Waals surface area (Å²) in [7, 11) is 0. The molecule has 0 radical (unpaired) electrons. The lowest BCUT2D eigenvalue weighted by Crippen LogP contribution is -2.36. The molecule has 24 heavy (non-hydrogen) atoms. The molecule has 0 spiro atoms. The SMILES string of the molecule is Cc1cc(O)ccc1NC1CC(c2ccc(C(F)(F)F)cc2)NN1. The Balaban J connectivity index is 1.65. The number of aryl methyl sites for hydroxylation is 1. The van der Waals surface area contributed by atoms with Crippen molar-refractivity contribution in [2.24, 2.45) is 0 Å². The smallest absolute Gasteiger partial charge is 0.416 e. The summed E-state index contributed by atoms with van der Waals surface area (Å²) in [5.74, 6) is 0.207. The van der Waals surface area contributed by atoms with Gasteiger partial charge in [0.1, 0.15) is 5.75 Å². The van der Waals surface area contributed by atoms with Gasteiger partial charge in [0.15, 0.2) is 0 Å². The predicted molar refractivity (Wildman–Crippen MR) is 85.3 cm³/mol. The molecule has 128 valence electrons. The molecule has 2 aromatic carbocycles. The molecule has 0 aromatic heterocycles. The highest BCUT2D eigenvalue weighted by Gasteiger charge is 2.31. The maximum absolute atomic E-state index is 12.6. The van der Waals surface area contributed by atoms with Gasteiger partial charge in [-0.05, 0) is 48.4 Å². The average Bonchev–Trinajstić information content (AvgIpc) is 2.98. The fourth-order valence-corrected chi connectivity index (χ4v) is 2.77. The maximum Gasteiger partial charge on any atom is 0.416 e. The molecule has 0 saturated carbocycles. The highest BCUT2D eigenvalue weighted by molar-refractivity contribution is 5.54. The molecule has 4 nitrogen and oxygen atoms in total. The van der Waals surface area contributed by atoms with E-state index in [1.54, 1.807) is 18.2 Å². The Morgan fingerprint density at radius 3 is 2.42 bits per heavy atom. The van der Waals surface area contributed by atoms with Gasteiger partial charge in [-0.2, -0.15) is 13.2 Å². The second kappa shape index (κ2) is 6.33. The van der Waals surface area contributed by atoms with E-state index >= 15 is 0 Å². The highest BCUT2D eigenvalue weighted by Crippen LogP contribution is 2.31. The number of halogens is 3. The van der Waals surface area contributed by atoms with Gasteiger partial charge in [0.2, 0.25) is 0 Å². The monoisotopic (exact) mass is 337 g/mol. The molecule has 1 aliphatic rings. The van der Waals surface area contributed by atoms with Crippen LogP contribution in [0.4, 0.5) is 18.9 Å². The van der Waals surface area contributed by atoms with Crippen molar-refractivity contribution in [3.05, 3.63) is 59.2 Å². The van der Waals surface area contributed by atoms with E-state index in [0.717, 1.165) is 28.9 Å². The normalized spacial score (nSPS) is 21.0. The van der Waals surface area contributed by atoms with Crippen LogP contribution in [-0.2, 0) is 6.18 Å². The first-order valence-corrected chi connectivity index (χ1v) is 7.57. The first kappa shape index (κ1) is 16.6.